The summed E-state index contributed by atoms with van der Waals surface area (Å²) in [5, 5.41) is 0. The molecule has 2 aliphatic rings. The van der Waals surface area contributed by atoms with Crippen molar-refractivity contribution in [3.05, 3.63) is 28.2 Å². The highest BCUT2D eigenvalue weighted by Gasteiger charge is 2.39. The maximum atomic E-state index is 11.9. The number of anilines is 1. The van der Waals surface area contributed by atoms with E-state index in [-0.39, 0.29) is 18.2 Å². The first-order valence-electron chi connectivity index (χ1n) is 5.76. The zero-order chi connectivity index (χ0) is 12.9. The van der Waals surface area contributed by atoms with Crippen molar-refractivity contribution in [3.63, 3.8) is 0 Å². The molecule has 92 valence electrons. The van der Waals surface area contributed by atoms with Crippen molar-refractivity contribution >= 4 is 39.1 Å². The van der Waals surface area contributed by atoms with E-state index >= 15 is 0 Å². The molecule has 3 rings (SSSR count). The van der Waals surface area contributed by atoms with E-state index in [1.807, 2.05) is 0 Å². The van der Waals surface area contributed by atoms with Crippen molar-refractivity contribution in [1.82, 2.24) is 0 Å². The van der Waals surface area contributed by atoms with Gasteiger partial charge in [0.15, 0.2) is 5.78 Å². The van der Waals surface area contributed by atoms with Gasteiger partial charge in [-0.3, -0.25) is 19.3 Å². The van der Waals surface area contributed by atoms with Gasteiger partial charge in [0.2, 0.25) is 0 Å². The van der Waals surface area contributed by atoms with Crippen molar-refractivity contribution in [2.45, 2.75) is 12.8 Å². The average molecular weight is 308 g/mol. The first-order valence-corrected chi connectivity index (χ1v) is 6.55. The average Bonchev–Trinajstić information content (AvgIpc) is 3.15. The van der Waals surface area contributed by atoms with E-state index < -0.39 is 11.7 Å². The Morgan fingerprint density at radius 2 is 2.06 bits per heavy atom. The molecule has 0 bridgehead atoms. The molecule has 1 saturated carbocycles. The number of hydrogen-bond donors (Lipinski definition) is 0. The predicted octanol–water partition coefficient (Wildman–Crippen LogP) is 1.96. The quantitative estimate of drug-likeness (QED) is 0.802. The molecule has 0 radical (unpaired) electrons. The maximum Gasteiger partial charge on any atom is 0.299 e. The van der Waals surface area contributed by atoms with Crippen LogP contribution in [0.25, 0.3) is 0 Å². The van der Waals surface area contributed by atoms with Crippen LogP contribution >= 0.6 is 15.9 Å². The topological polar surface area (TPSA) is 54.5 Å². The molecule has 0 N–H and O–H groups in total. The first kappa shape index (κ1) is 11.6. The molecule has 18 heavy (non-hydrogen) atoms. The number of halogens is 1. The third-order valence-electron chi connectivity index (χ3n) is 3.28. The summed E-state index contributed by atoms with van der Waals surface area (Å²) in [4.78, 5) is 36.7. The molecular weight excluding hydrogens is 298 g/mol. The number of rotatable bonds is 3. The minimum Gasteiger partial charge on any atom is -0.297 e. The van der Waals surface area contributed by atoms with Gasteiger partial charge in [-0.1, -0.05) is 15.9 Å². The smallest absolute Gasteiger partial charge is 0.297 e. The highest BCUT2D eigenvalue weighted by Crippen LogP contribution is 2.34. The molecule has 0 spiro atoms. The molecule has 5 heteroatoms. The van der Waals surface area contributed by atoms with Crippen LogP contribution in [0, 0.1) is 5.92 Å². The van der Waals surface area contributed by atoms with Gasteiger partial charge in [-0.15, -0.1) is 0 Å². The summed E-state index contributed by atoms with van der Waals surface area (Å²) in [5.41, 5.74) is 0.917. The molecule has 4 nitrogen and oxygen atoms in total. The van der Waals surface area contributed by atoms with E-state index in [4.69, 9.17) is 0 Å². The van der Waals surface area contributed by atoms with Crippen LogP contribution in [0.5, 0.6) is 0 Å². The number of benzene rings is 1. The van der Waals surface area contributed by atoms with E-state index in [0.717, 1.165) is 17.3 Å². The number of fused-ring (bicyclic) bond motifs is 1. The Bertz CT molecular complexity index is 578. The summed E-state index contributed by atoms with van der Waals surface area (Å²) in [5.74, 6) is -0.994. The highest BCUT2D eigenvalue weighted by atomic mass is 79.9. The van der Waals surface area contributed by atoms with Gasteiger partial charge in [-0.2, -0.15) is 0 Å². The van der Waals surface area contributed by atoms with Gasteiger partial charge in [0.1, 0.15) is 0 Å². The van der Waals surface area contributed by atoms with Crippen LogP contribution in [0.1, 0.15) is 23.2 Å². The Morgan fingerprint density at radius 3 is 2.72 bits per heavy atom. The zero-order valence-corrected chi connectivity index (χ0v) is 11.1. The maximum absolute atomic E-state index is 11.9. The standard InChI is InChI=1S/C13H10BrNO3/c14-8-3-4-10-9(5-8)12(17)13(18)15(10)6-11(16)7-1-2-7/h3-5,7H,1-2,6H2. The second-order valence-corrected chi connectivity index (χ2v) is 5.54. The van der Waals surface area contributed by atoms with Gasteiger partial charge >= 0.3 is 0 Å². The molecule has 0 aromatic heterocycles. The van der Waals surface area contributed by atoms with Gasteiger partial charge in [0.05, 0.1) is 17.8 Å². The summed E-state index contributed by atoms with van der Waals surface area (Å²) < 4.78 is 0.748. The van der Waals surface area contributed by atoms with Crippen LogP contribution in [-0.4, -0.2) is 24.0 Å². The number of amides is 1. The van der Waals surface area contributed by atoms with Crippen LogP contribution in [-0.2, 0) is 9.59 Å². The van der Waals surface area contributed by atoms with E-state index in [2.05, 4.69) is 15.9 Å². The lowest BCUT2D eigenvalue weighted by atomic mass is 10.1. The van der Waals surface area contributed by atoms with E-state index in [0.29, 0.717) is 11.3 Å². The molecule has 1 fully saturated rings. The Labute approximate surface area is 112 Å². The Kier molecular flexibility index (Phi) is 2.59. The van der Waals surface area contributed by atoms with Crippen LogP contribution in [0.3, 0.4) is 0 Å². The van der Waals surface area contributed by atoms with Crippen molar-refractivity contribution in [2.75, 3.05) is 11.4 Å². The SMILES string of the molecule is O=C1C(=O)N(CC(=O)C2CC2)c2ccc(Br)cc21. The predicted molar refractivity (Wildman–Crippen MR) is 68.6 cm³/mol. The third kappa shape index (κ3) is 1.79. The van der Waals surface area contributed by atoms with Gasteiger partial charge in [0.25, 0.3) is 11.7 Å². The highest BCUT2D eigenvalue weighted by molar-refractivity contribution is 9.10. The zero-order valence-electron chi connectivity index (χ0n) is 9.48. The Balaban J connectivity index is 1.94. The molecule has 0 unspecified atom stereocenters. The summed E-state index contributed by atoms with van der Waals surface area (Å²) >= 11 is 3.27. The molecular formula is C13H10BrNO3. The van der Waals surface area contributed by atoms with Crippen molar-refractivity contribution < 1.29 is 14.4 Å². The van der Waals surface area contributed by atoms with Gasteiger partial charge in [-0.25, -0.2) is 0 Å². The number of ketones is 2. The van der Waals surface area contributed by atoms with Crippen LogP contribution in [0.15, 0.2) is 22.7 Å². The third-order valence-corrected chi connectivity index (χ3v) is 3.77. The molecule has 1 aromatic carbocycles. The molecule has 1 heterocycles. The number of carbonyl (C=O) groups is 3. The molecule has 0 atom stereocenters. The Hall–Kier alpha value is -1.49. The summed E-state index contributed by atoms with van der Waals surface area (Å²) in [6.07, 6.45) is 1.81. The van der Waals surface area contributed by atoms with Crippen LogP contribution in [0.2, 0.25) is 0 Å². The number of Topliss-reactive ketones (excluding diaryl/α,β-unsaturated/α-hetero) is 2. The molecule has 1 amide bonds. The van der Waals surface area contributed by atoms with Gasteiger partial charge in [0, 0.05) is 10.4 Å². The largest absolute Gasteiger partial charge is 0.299 e. The molecule has 0 saturated heterocycles. The van der Waals surface area contributed by atoms with Crippen molar-refractivity contribution in [3.8, 4) is 0 Å². The van der Waals surface area contributed by atoms with Crippen molar-refractivity contribution in [2.24, 2.45) is 5.92 Å². The lowest BCUT2D eigenvalue weighted by molar-refractivity contribution is -0.121. The summed E-state index contributed by atoms with van der Waals surface area (Å²) in [6, 6.07) is 5.08. The van der Waals surface area contributed by atoms with E-state index in [1.165, 1.54) is 4.90 Å². The summed E-state index contributed by atoms with van der Waals surface area (Å²) in [6.45, 7) is 0.0177. The van der Waals surface area contributed by atoms with Crippen LogP contribution in [0.4, 0.5) is 5.69 Å². The lowest BCUT2D eigenvalue weighted by Gasteiger charge is -2.15. The van der Waals surface area contributed by atoms with Gasteiger partial charge in [-0.05, 0) is 31.0 Å². The monoisotopic (exact) mass is 307 g/mol. The normalized spacial score (nSPS) is 18.2. The first-order chi connectivity index (χ1) is 8.58. The Morgan fingerprint density at radius 1 is 1.33 bits per heavy atom. The number of carbonyl (C=O) groups excluding carboxylic acids is 3. The van der Waals surface area contributed by atoms with E-state index in [1.54, 1.807) is 18.2 Å². The lowest BCUT2D eigenvalue weighted by Crippen LogP contribution is -2.35. The minimum absolute atomic E-state index is 0.0177. The second-order valence-electron chi connectivity index (χ2n) is 4.62. The molecule has 1 aliphatic heterocycles. The fourth-order valence-electron chi connectivity index (χ4n) is 2.12. The van der Waals surface area contributed by atoms with Crippen molar-refractivity contribution in [1.29, 1.82) is 0 Å². The fourth-order valence-corrected chi connectivity index (χ4v) is 2.48. The number of nitrogens with zero attached hydrogens (tertiary/aromatic N) is 1. The van der Waals surface area contributed by atoms with Crippen LogP contribution < -0.4 is 4.90 Å². The van der Waals surface area contributed by atoms with Gasteiger partial charge < -0.3 is 0 Å². The minimum atomic E-state index is -0.600. The molecule has 1 aromatic rings. The fraction of sp³-hybridized carbons (Fsp3) is 0.308. The second kappa shape index (κ2) is 4.02. The van der Waals surface area contributed by atoms with E-state index in [9.17, 15) is 14.4 Å². The summed E-state index contributed by atoms with van der Waals surface area (Å²) in [7, 11) is 0. The number of hydrogen-bond acceptors (Lipinski definition) is 3. The molecule has 1 aliphatic carbocycles.